The molecule has 1 rings (SSSR count). The van der Waals surface area contributed by atoms with Crippen LogP contribution in [-0.2, 0) is 0 Å². The smallest absolute Gasteiger partial charge is 0.0791 e. The lowest BCUT2D eigenvalue weighted by Crippen LogP contribution is -2.40. The Balaban J connectivity index is 2.11. The number of aliphatic hydroxyl groups excluding tert-OH is 1. The fraction of sp³-hybridized carbons (Fsp3) is 0.909. The molecule has 0 spiro atoms. The highest BCUT2D eigenvalue weighted by Gasteiger charge is 2.22. The summed E-state index contributed by atoms with van der Waals surface area (Å²) < 4.78 is 0. The number of rotatable bonds is 7. The summed E-state index contributed by atoms with van der Waals surface area (Å²) in [6, 6.07) is 3.00. The highest BCUT2D eigenvalue weighted by Crippen LogP contribution is 2.18. The summed E-state index contributed by atoms with van der Waals surface area (Å²) in [6.45, 7) is 3.29. The fourth-order valence-corrected chi connectivity index (χ4v) is 1.46. The molecule has 4 nitrogen and oxygen atoms in total. The molecule has 1 saturated carbocycles. The first kappa shape index (κ1) is 12.4. The van der Waals surface area contributed by atoms with Crippen molar-refractivity contribution < 1.29 is 5.11 Å². The van der Waals surface area contributed by atoms with Crippen molar-refractivity contribution in [1.82, 2.24) is 10.2 Å². The highest BCUT2D eigenvalue weighted by molar-refractivity contribution is 4.83. The van der Waals surface area contributed by atoms with Crippen LogP contribution in [-0.4, -0.2) is 48.3 Å². The van der Waals surface area contributed by atoms with Crippen LogP contribution >= 0.6 is 0 Å². The van der Waals surface area contributed by atoms with Gasteiger partial charge in [-0.3, -0.25) is 0 Å². The lowest BCUT2D eigenvalue weighted by molar-refractivity contribution is 0.107. The average molecular weight is 211 g/mol. The lowest BCUT2D eigenvalue weighted by Gasteiger charge is -2.25. The molecule has 4 heteroatoms. The van der Waals surface area contributed by atoms with Gasteiger partial charge in [0.1, 0.15) is 0 Å². The predicted octanol–water partition coefficient (Wildman–Crippen LogP) is 0.333. The molecule has 0 heterocycles. The van der Waals surface area contributed by atoms with Crippen molar-refractivity contribution in [3.63, 3.8) is 0 Å². The van der Waals surface area contributed by atoms with E-state index < -0.39 is 0 Å². The van der Waals surface area contributed by atoms with Gasteiger partial charge in [0, 0.05) is 25.2 Å². The number of hydrogen-bond donors (Lipinski definition) is 2. The Labute approximate surface area is 91.9 Å². The Kier molecular flexibility index (Phi) is 5.03. The lowest BCUT2D eigenvalue weighted by atomic mass is 10.2. The third kappa shape index (κ3) is 5.12. The maximum Gasteiger partial charge on any atom is 0.0791 e. The molecular weight excluding hydrogens is 190 g/mol. The van der Waals surface area contributed by atoms with E-state index in [1.165, 1.54) is 12.8 Å². The minimum absolute atomic E-state index is 0.213. The molecule has 0 aromatic heterocycles. The number of hydrogen-bond acceptors (Lipinski definition) is 4. The van der Waals surface area contributed by atoms with Crippen molar-refractivity contribution in [3.05, 3.63) is 0 Å². The van der Waals surface area contributed by atoms with Crippen LogP contribution in [0.25, 0.3) is 0 Å². The minimum atomic E-state index is -0.336. The Morgan fingerprint density at radius 2 is 2.27 bits per heavy atom. The van der Waals surface area contributed by atoms with Crippen LogP contribution in [0.15, 0.2) is 0 Å². The highest BCUT2D eigenvalue weighted by atomic mass is 16.3. The Morgan fingerprint density at radius 3 is 2.80 bits per heavy atom. The van der Waals surface area contributed by atoms with Gasteiger partial charge in [-0.2, -0.15) is 5.26 Å². The molecule has 0 radical (unpaired) electrons. The number of nitrogens with zero attached hydrogens (tertiary/aromatic N) is 2. The molecule has 2 unspecified atom stereocenters. The summed E-state index contributed by atoms with van der Waals surface area (Å²) in [5, 5.41) is 21.6. The summed E-state index contributed by atoms with van der Waals surface area (Å²) in [4.78, 5) is 2.03. The summed E-state index contributed by atoms with van der Waals surface area (Å²) in [5.74, 6) is 0. The zero-order valence-electron chi connectivity index (χ0n) is 9.61. The zero-order chi connectivity index (χ0) is 11.3. The van der Waals surface area contributed by atoms with E-state index in [2.05, 4.69) is 11.4 Å². The van der Waals surface area contributed by atoms with Crippen molar-refractivity contribution >= 4 is 0 Å². The van der Waals surface area contributed by atoms with Crippen molar-refractivity contribution in [1.29, 1.82) is 5.26 Å². The van der Waals surface area contributed by atoms with Gasteiger partial charge in [-0.05, 0) is 26.8 Å². The molecular formula is C11H21N3O. The number of nitriles is 1. The topological polar surface area (TPSA) is 59.3 Å². The summed E-state index contributed by atoms with van der Waals surface area (Å²) in [7, 11) is 1.95. The molecule has 1 aliphatic carbocycles. The fourth-order valence-electron chi connectivity index (χ4n) is 1.46. The molecule has 2 atom stereocenters. The Bertz CT molecular complexity index is 222. The molecule has 1 fully saturated rings. The first-order valence-corrected chi connectivity index (χ1v) is 5.62. The summed E-state index contributed by atoms with van der Waals surface area (Å²) in [5.41, 5.74) is 0. The quantitative estimate of drug-likeness (QED) is 0.637. The number of likely N-dealkylation sites (N-methyl/N-ethyl adjacent to an activating group) is 1. The van der Waals surface area contributed by atoms with Crippen LogP contribution in [0.5, 0.6) is 0 Å². The average Bonchev–Trinajstić information content (AvgIpc) is 2.98. The van der Waals surface area contributed by atoms with Crippen LogP contribution in [0.1, 0.15) is 26.2 Å². The van der Waals surface area contributed by atoms with Gasteiger partial charge in [-0.25, -0.2) is 0 Å². The maximum absolute atomic E-state index is 9.73. The molecule has 0 amide bonds. The van der Waals surface area contributed by atoms with Gasteiger partial charge in [0.25, 0.3) is 0 Å². The standard InChI is InChI=1S/C11H21N3O/c1-9(5-6-12)14(2)8-11(15)7-13-10-3-4-10/h9-11,13,15H,3-5,7-8H2,1-2H3. The maximum atomic E-state index is 9.73. The van der Waals surface area contributed by atoms with Crippen LogP contribution in [0.2, 0.25) is 0 Å². The predicted molar refractivity (Wildman–Crippen MR) is 59.4 cm³/mol. The van der Waals surface area contributed by atoms with Crippen molar-refractivity contribution in [3.8, 4) is 6.07 Å². The SMILES string of the molecule is CC(CC#N)N(C)CC(O)CNC1CC1. The van der Waals surface area contributed by atoms with Crippen molar-refractivity contribution in [2.24, 2.45) is 0 Å². The molecule has 86 valence electrons. The van der Waals surface area contributed by atoms with E-state index in [0.717, 1.165) is 0 Å². The van der Waals surface area contributed by atoms with Crippen LogP contribution < -0.4 is 5.32 Å². The molecule has 0 aromatic carbocycles. The minimum Gasteiger partial charge on any atom is -0.390 e. The molecule has 0 aliphatic heterocycles. The third-order valence-electron chi connectivity index (χ3n) is 2.86. The first-order chi connectivity index (χ1) is 7.13. The van der Waals surface area contributed by atoms with Crippen molar-refractivity contribution in [2.75, 3.05) is 20.1 Å². The molecule has 0 bridgehead atoms. The van der Waals surface area contributed by atoms with E-state index in [-0.39, 0.29) is 12.1 Å². The Hall–Kier alpha value is -0.630. The monoisotopic (exact) mass is 211 g/mol. The van der Waals surface area contributed by atoms with Gasteiger partial charge < -0.3 is 15.3 Å². The molecule has 0 aromatic rings. The second-order valence-corrected chi connectivity index (χ2v) is 4.49. The molecule has 2 N–H and O–H groups in total. The third-order valence-corrected chi connectivity index (χ3v) is 2.86. The molecule has 15 heavy (non-hydrogen) atoms. The molecule has 0 saturated heterocycles. The van der Waals surface area contributed by atoms with E-state index in [4.69, 9.17) is 5.26 Å². The van der Waals surface area contributed by atoms with E-state index in [1.807, 2.05) is 18.9 Å². The van der Waals surface area contributed by atoms with Gasteiger partial charge >= 0.3 is 0 Å². The van der Waals surface area contributed by atoms with Gasteiger partial charge in [-0.1, -0.05) is 0 Å². The molecule has 1 aliphatic rings. The van der Waals surface area contributed by atoms with Crippen LogP contribution in [0, 0.1) is 11.3 Å². The number of nitrogens with one attached hydrogen (secondary N) is 1. The normalized spacial score (nSPS) is 19.9. The van der Waals surface area contributed by atoms with Gasteiger partial charge in [0.15, 0.2) is 0 Å². The van der Waals surface area contributed by atoms with Crippen molar-refractivity contribution in [2.45, 2.75) is 44.4 Å². The van der Waals surface area contributed by atoms with Crippen LogP contribution in [0.3, 0.4) is 0 Å². The van der Waals surface area contributed by atoms with Gasteiger partial charge in [-0.15, -0.1) is 0 Å². The van der Waals surface area contributed by atoms with Gasteiger partial charge in [0.05, 0.1) is 18.6 Å². The second kappa shape index (κ2) is 6.06. The first-order valence-electron chi connectivity index (χ1n) is 5.62. The van der Waals surface area contributed by atoms with E-state index in [0.29, 0.717) is 25.6 Å². The van der Waals surface area contributed by atoms with E-state index >= 15 is 0 Å². The zero-order valence-corrected chi connectivity index (χ0v) is 9.61. The van der Waals surface area contributed by atoms with Gasteiger partial charge in [0.2, 0.25) is 0 Å². The second-order valence-electron chi connectivity index (χ2n) is 4.49. The Morgan fingerprint density at radius 1 is 1.60 bits per heavy atom. The summed E-state index contributed by atoms with van der Waals surface area (Å²) in [6.07, 6.45) is 2.66. The largest absolute Gasteiger partial charge is 0.390 e. The summed E-state index contributed by atoms with van der Waals surface area (Å²) >= 11 is 0. The van der Waals surface area contributed by atoms with E-state index in [1.54, 1.807) is 0 Å². The number of aliphatic hydroxyl groups is 1. The van der Waals surface area contributed by atoms with Crippen LogP contribution in [0.4, 0.5) is 0 Å². The van der Waals surface area contributed by atoms with E-state index in [9.17, 15) is 5.11 Å².